The molecule has 0 fully saturated rings. The number of phenolic OH excluding ortho intramolecular Hbond substituents is 1. The number of ether oxygens (including phenoxy) is 3. The van der Waals surface area contributed by atoms with Crippen molar-refractivity contribution in [1.29, 1.82) is 0 Å². The fourth-order valence-corrected chi connectivity index (χ4v) is 3.51. The zero-order chi connectivity index (χ0) is 22.4. The van der Waals surface area contributed by atoms with Crippen molar-refractivity contribution in [2.24, 2.45) is 0 Å². The molecule has 31 heavy (non-hydrogen) atoms. The molecule has 0 spiro atoms. The fourth-order valence-electron chi connectivity index (χ4n) is 2.97. The first-order chi connectivity index (χ1) is 14.9. The molecule has 0 saturated carbocycles. The number of hydrogen-bond donors (Lipinski definition) is 1. The highest BCUT2D eigenvalue weighted by atomic mass is 35.5. The first-order valence-corrected chi connectivity index (χ1v) is 10.0. The van der Waals surface area contributed by atoms with Crippen LogP contribution in [0.4, 0.5) is 0 Å². The molecule has 0 saturated heterocycles. The van der Waals surface area contributed by atoms with Crippen molar-refractivity contribution in [3.05, 3.63) is 87.4 Å². The summed E-state index contributed by atoms with van der Waals surface area (Å²) in [6.45, 7) is 0.252. The summed E-state index contributed by atoms with van der Waals surface area (Å²) >= 11 is 12.0. The average Bonchev–Trinajstić information content (AvgIpc) is 2.75. The highest BCUT2D eigenvalue weighted by molar-refractivity contribution is 6.34. The van der Waals surface area contributed by atoms with Crippen molar-refractivity contribution in [3.8, 4) is 23.0 Å². The van der Waals surface area contributed by atoms with Gasteiger partial charge in [-0.25, -0.2) is 0 Å². The van der Waals surface area contributed by atoms with Gasteiger partial charge in [0.05, 0.1) is 14.2 Å². The number of ketones is 1. The maximum absolute atomic E-state index is 12.9. The maximum Gasteiger partial charge on any atom is 0.204 e. The van der Waals surface area contributed by atoms with Gasteiger partial charge in [-0.05, 0) is 35.4 Å². The molecule has 3 aromatic rings. The number of phenols is 1. The van der Waals surface area contributed by atoms with Gasteiger partial charge in [0, 0.05) is 16.1 Å². The van der Waals surface area contributed by atoms with Crippen LogP contribution in [-0.4, -0.2) is 25.1 Å². The number of carbonyl (C=O) groups is 1. The van der Waals surface area contributed by atoms with Gasteiger partial charge in [0.15, 0.2) is 17.3 Å². The fraction of sp³-hybridized carbons (Fsp3) is 0.125. The number of hydrogen-bond acceptors (Lipinski definition) is 5. The van der Waals surface area contributed by atoms with Gasteiger partial charge in [-0.15, -0.1) is 0 Å². The molecular formula is C24H20Cl2O5. The van der Waals surface area contributed by atoms with Crippen LogP contribution >= 0.6 is 23.2 Å². The molecular weight excluding hydrogens is 439 g/mol. The van der Waals surface area contributed by atoms with Crippen molar-refractivity contribution in [1.82, 2.24) is 0 Å². The lowest BCUT2D eigenvalue weighted by Gasteiger charge is -2.16. The molecule has 0 radical (unpaired) electrons. The first kappa shape index (κ1) is 22.5. The molecule has 0 aliphatic carbocycles. The highest BCUT2D eigenvalue weighted by Gasteiger charge is 2.24. The number of methoxy groups -OCH3 is 2. The van der Waals surface area contributed by atoms with Crippen molar-refractivity contribution in [2.75, 3.05) is 14.2 Å². The second-order valence-electron chi connectivity index (χ2n) is 6.51. The van der Waals surface area contributed by atoms with Crippen LogP contribution < -0.4 is 14.2 Å². The Morgan fingerprint density at radius 2 is 1.65 bits per heavy atom. The molecule has 160 valence electrons. The van der Waals surface area contributed by atoms with E-state index in [9.17, 15) is 9.90 Å². The van der Waals surface area contributed by atoms with Gasteiger partial charge in [-0.1, -0.05) is 59.6 Å². The zero-order valence-electron chi connectivity index (χ0n) is 16.9. The molecule has 0 unspecified atom stereocenters. The van der Waals surface area contributed by atoms with Crippen LogP contribution in [-0.2, 0) is 6.61 Å². The summed E-state index contributed by atoms with van der Waals surface area (Å²) < 4.78 is 16.4. The minimum absolute atomic E-state index is 0.0410. The van der Waals surface area contributed by atoms with Gasteiger partial charge in [-0.3, -0.25) is 4.79 Å². The van der Waals surface area contributed by atoms with Gasteiger partial charge >= 0.3 is 0 Å². The second-order valence-corrected chi connectivity index (χ2v) is 7.38. The molecule has 1 N–H and O–H groups in total. The van der Waals surface area contributed by atoms with E-state index in [-0.39, 0.29) is 35.2 Å². The third-order valence-electron chi connectivity index (χ3n) is 4.40. The van der Waals surface area contributed by atoms with Crippen molar-refractivity contribution >= 4 is 35.1 Å². The predicted molar refractivity (Wildman–Crippen MR) is 122 cm³/mol. The summed E-state index contributed by atoms with van der Waals surface area (Å²) in [5.74, 6) is -0.413. The highest BCUT2D eigenvalue weighted by Crippen LogP contribution is 2.45. The third-order valence-corrected chi connectivity index (χ3v) is 4.84. The van der Waals surface area contributed by atoms with E-state index in [0.29, 0.717) is 15.6 Å². The minimum Gasteiger partial charge on any atom is -0.504 e. The van der Waals surface area contributed by atoms with Gasteiger partial charge < -0.3 is 19.3 Å². The Kier molecular flexibility index (Phi) is 7.45. The van der Waals surface area contributed by atoms with Crippen molar-refractivity contribution < 1.29 is 24.1 Å². The first-order valence-electron chi connectivity index (χ1n) is 9.26. The van der Waals surface area contributed by atoms with Crippen molar-refractivity contribution in [3.63, 3.8) is 0 Å². The molecule has 0 atom stereocenters. The molecule has 0 heterocycles. The van der Waals surface area contributed by atoms with Crippen molar-refractivity contribution in [2.45, 2.75) is 6.61 Å². The molecule has 0 aromatic heterocycles. The normalized spacial score (nSPS) is 10.8. The summed E-state index contributed by atoms with van der Waals surface area (Å²) in [5.41, 5.74) is 1.53. The quantitative estimate of drug-likeness (QED) is 0.321. The second kappa shape index (κ2) is 10.2. The van der Waals surface area contributed by atoms with E-state index in [1.807, 2.05) is 30.3 Å². The zero-order valence-corrected chi connectivity index (χ0v) is 18.4. The lowest BCUT2D eigenvalue weighted by atomic mass is 10.0. The predicted octanol–water partition coefficient (Wildman–Crippen LogP) is 6.19. The van der Waals surface area contributed by atoms with Crippen LogP contribution in [0.15, 0.2) is 60.7 Å². The van der Waals surface area contributed by atoms with Crippen LogP contribution in [0, 0.1) is 0 Å². The minimum atomic E-state index is -0.488. The Morgan fingerprint density at radius 3 is 2.26 bits per heavy atom. The maximum atomic E-state index is 12.9. The van der Waals surface area contributed by atoms with Crippen LogP contribution in [0.1, 0.15) is 21.5 Å². The molecule has 5 nitrogen and oxygen atoms in total. The van der Waals surface area contributed by atoms with Gasteiger partial charge in [0.2, 0.25) is 5.75 Å². The largest absolute Gasteiger partial charge is 0.504 e. The molecule has 7 heteroatoms. The number of halogens is 2. The van der Waals surface area contributed by atoms with Crippen LogP contribution in [0.25, 0.3) is 6.08 Å². The third kappa shape index (κ3) is 5.51. The van der Waals surface area contributed by atoms with Gasteiger partial charge in [0.1, 0.15) is 17.9 Å². The Balaban J connectivity index is 1.92. The van der Waals surface area contributed by atoms with E-state index in [4.69, 9.17) is 37.4 Å². The Hall–Kier alpha value is -3.15. The van der Waals surface area contributed by atoms with E-state index in [0.717, 1.165) is 5.56 Å². The number of rotatable bonds is 8. The lowest BCUT2D eigenvalue weighted by Crippen LogP contribution is -2.04. The Morgan fingerprint density at radius 1 is 0.968 bits per heavy atom. The van der Waals surface area contributed by atoms with Gasteiger partial charge in [0.25, 0.3) is 0 Å². The number of benzene rings is 3. The summed E-state index contributed by atoms with van der Waals surface area (Å²) in [6, 6.07) is 16.0. The lowest BCUT2D eigenvalue weighted by molar-refractivity contribution is 0.104. The molecule has 0 bridgehead atoms. The summed E-state index contributed by atoms with van der Waals surface area (Å²) in [7, 11) is 2.79. The molecule has 3 rings (SSSR count). The topological polar surface area (TPSA) is 65.0 Å². The Bertz CT molecular complexity index is 1090. The monoisotopic (exact) mass is 458 g/mol. The SMILES string of the molecule is COc1cc(OCc2ccccc2)c(OC)c(O)c1C(=O)/C=C/c1cc(Cl)cc(Cl)c1. The number of carbonyl (C=O) groups excluding carboxylic acids is 1. The molecule has 3 aromatic carbocycles. The van der Waals surface area contributed by atoms with E-state index < -0.39 is 5.78 Å². The molecule has 0 amide bonds. The van der Waals surface area contributed by atoms with E-state index in [2.05, 4.69) is 0 Å². The number of aromatic hydroxyl groups is 1. The molecule has 0 aliphatic heterocycles. The summed E-state index contributed by atoms with van der Waals surface area (Å²) in [6.07, 6.45) is 2.84. The average molecular weight is 459 g/mol. The standard InChI is InChI=1S/C24H20Cl2O5/c1-29-20-13-21(31-14-15-6-4-3-5-7-15)24(30-2)23(28)22(20)19(27)9-8-16-10-17(25)12-18(26)11-16/h3-13,28H,14H2,1-2H3/b9-8+. The van der Waals surface area contributed by atoms with E-state index >= 15 is 0 Å². The number of allylic oxidation sites excluding steroid dienone is 1. The summed E-state index contributed by atoms with van der Waals surface area (Å²) in [4.78, 5) is 12.9. The smallest absolute Gasteiger partial charge is 0.204 e. The molecule has 0 aliphatic rings. The summed E-state index contributed by atoms with van der Waals surface area (Å²) in [5, 5.41) is 11.6. The van der Waals surface area contributed by atoms with Crippen LogP contribution in [0.5, 0.6) is 23.0 Å². The van der Waals surface area contributed by atoms with E-state index in [1.165, 1.54) is 26.4 Å². The van der Waals surface area contributed by atoms with E-state index in [1.54, 1.807) is 24.3 Å². The van der Waals surface area contributed by atoms with Crippen LogP contribution in [0.2, 0.25) is 10.0 Å². The van der Waals surface area contributed by atoms with Gasteiger partial charge in [-0.2, -0.15) is 0 Å². The Labute approximate surface area is 190 Å². The van der Waals surface area contributed by atoms with Crippen LogP contribution in [0.3, 0.4) is 0 Å².